The highest BCUT2D eigenvalue weighted by Crippen LogP contribution is 2.30. The molecule has 1 saturated heterocycles. The molecule has 0 aromatic heterocycles. The maximum atomic E-state index is 12.2. The maximum absolute atomic E-state index is 12.2. The van der Waals surface area contributed by atoms with Crippen LogP contribution in [0.2, 0.25) is 0 Å². The molecule has 33 heavy (non-hydrogen) atoms. The van der Waals surface area contributed by atoms with Crippen LogP contribution in [0.15, 0.2) is 48.2 Å². The van der Waals surface area contributed by atoms with E-state index in [9.17, 15) is 14.7 Å². The van der Waals surface area contributed by atoms with Crippen molar-refractivity contribution in [2.75, 3.05) is 20.3 Å². The second-order valence-electron chi connectivity index (χ2n) is 8.30. The predicted octanol–water partition coefficient (Wildman–Crippen LogP) is 1.56. The standard InChI is InChI=1S/C24H31NO8/c1-15(26)25-20-17(30-12-8-11-16-9-6-5-7-10-16)13-18(23(28)29-4)32-22(20)21(27)19-14-31-24(2,3)33-19/h5-11,13,17,19-22,27H,12,14H2,1-4H3,(H,25,26)/b11-8+/t17?,19?,20?,21?,22-/m1/s1. The fourth-order valence-corrected chi connectivity index (χ4v) is 3.76. The van der Waals surface area contributed by atoms with Gasteiger partial charge in [-0.15, -0.1) is 0 Å². The first-order chi connectivity index (χ1) is 15.7. The first-order valence-corrected chi connectivity index (χ1v) is 10.8. The number of esters is 1. The number of nitrogens with one attached hydrogen (secondary N) is 1. The minimum atomic E-state index is -1.22. The van der Waals surface area contributed by atoms with Crippen LogP contribution in [0.25, 0.3) is 6.08 Å². The van der Waals surface area contributed by atoms with Gasteiger partial charge in [0.15, 0.2) is 11.9 Å². The van der Waals surface area contributed by atoms with Crippen molar-refractivity contribution in [1.82, 2.24) is 5.32 Å². The quantitative estimate of drug-likeness (QED) is 0.561. The van der Waals surface area contributed by atoms with Gasteiger partial charge < -0.3 is 34.1 Å². The molecule has 1 fully saturated rings. The lowest BCUT2D eigenvalue weighted by molar-refractivity contribution is -0.173. The molecule has 9 nitrogen and oxygen atoms in total. The van der Waals surface area contributed by atoms with Crippen molar-refractivity contribution in [3.8, 4) is 0 Å². The zero-order valence-electron chi connectivity index (χ0n) is 19.2. The van der Waals surface area contributed by atoms with E-state index in [-0.39, 0.29) is 24.9 Å². The molecule has 5 atom stereocenters. The number of ether oxygens (including phenoxy) is 5. The van der Waals surface area contributed by atoms with Gasteiger partial charge in [-0.2, -0.15) is 0 Å². The third-order valence-corrected chi connectivity index (χ3v) is 5.29. The van der Waals surface area contributed by atoms with Crippen LogP contribution in [-0.2, 0) is 33.3 Å². The predicted molar refractivity (Wildman–Crippen MR) is 119 cm³/mol. The van der Waals surface area contributed by atoms with Crippen molar-refractivity contribution in [2.45, 2.75) is 57.0 Å². The topological polar surface area (TPSA) is 113 Å². The lowest BCUT2D eigenvalue weighted by atomic mass is 9.93. The molecule has 0 spiro atoms. The Kier molecular flexibility index (Phi) is 8.25. The summed E-state index contributed by atoms with van der Waals surface area (Å²) >= 11 is 0. The van der Waals surface area contributed by atoms with Gasteiger partial charge in [-0.1, -0.05) is 42.5 Å². The van der Waals surface area contributed by atoms with Crippen LogP contribution >= 0.6 is 0 Å². The van der Waals surface area contributed by atoms with Crippen LogP contribution in [0.1, 0.15) is 26.3 Å². The maximum Gasteiger partial charge on any atom is 0.373 e. The minimum Gasteiger partial charge on any atom is -0.478 e. The summed E-state index contributed by atoms with van der Waals surface area (Å²) in [6.45, 7) is 5.14. The van der Waals surface area contributed by atoms with E-state index in [0.717, 1.165) is 5.56 Å². The summed E-state index contributed by atoms with van der Waals surface area (Å²) in [5, 5.41) is 13.8. The zero-order chi connectivity index (χ0) is 24.0. The summed E-state index contributed by atoms with van der Waals surface area (Å²) in [5.41, 5.74) is 1.01. The first kappa shape index (κ1) is 24.9. The average Bonchev–Trinajstić information content (AvgIpc) is 3.16. The highest BCUT2D eigenvalue weighted by atomic mass is 16.7. The van der Waals surface area contributed by atoms with E-state index in [1.54, 1.807) is 13.8 Å². The van der Waals surface area contributed by atoms with Gasteiger partial charge in [-0.25, -0.2) is 4.79 Å². The van der Waals surface area contributed by atoms with E-state index in [2.05, 4.69) is 5.32 Å². The Labute approximate surface area is 193 Å². The molecule has 0 aliphatic carbocycles. The van der Waals surface area contributed by atoms with Crippen LogP contribution in [0.4, 0.5) is 0 Å². The lowest BCUT2D eigenvalue weighted by Gasteiger charge is -2.40. The van der Waals surface area contributed by atoms with Crippen molar-refractivity contribution in [3.05, 3.63) is 53.8 Å². The van der Waals surface area contributed by atoms with Crippen LogP contribution in [0.5, 0.6) is 0 Å². The number of benzene rings is 1. The number of carbonyl (C=O) groups is 2. The molecule has 2 N–H and O–H groups in total. The zero-order valence-corrected chi connectivity index (χ0v) is 19.2. The third-order valence-electron chi connectivity index (χ3n) is 5.29. The van der Waals surface area contributed by atoms with Crippen molar-refractivity contribution >= 4 is 18.0 Å². The van der Waals surface area contributed by atoms with Gasteiger partial charge >= 0.3 is 5.97 Å². The molecule has 180 valence electrons. The molecule has 0 radical (unpaired) electrons. The normalized spacial score (nSPS) is 27.5. The molecule has 1 aromatic rings. The number of hydrogen-bond donors (Lipinski definition) is 2. The number of methoxy groups -OCH3 is 1. The summed E-state index contributed by atoms with van der Waals surface area (Å²) in [6.07, 6.45) is 1.41. The molecular weight excluding hydrogens is 430 g/mol. The van der Waals surface area contributed by atoms with Crippen molar-refractivity contribution in [2.24, 2.45) is 0 Å². The Hall–Kier alpha value is -2.72. The van der Waals surface area contributed by atoms with E-state index in [0.29, 0.717) is 0 Å². The summed E-state index contributed by atoms with van der Waals surface area (Å²) in [4.78, 5) is 24.2. The molecule has 0 bridgehead atoms. The number of aliphatic hydroxyl groups excluding tert-OH is 1. The number of carbonyl (C=O) groups excluding carboxylic acids is 2. The van der Waals surface area contributed by atoms with E-state index >= 15 is 0 Å². The summed E-state index contributed by atoms with van der Waals surface area (Å²) in [6, 6.07) is 8.91. The van der Waals surface area contributed by atoms with E-state index < -0.39 is 42.2 Å². The molecule has 2 aliphatic heterocycles. The fraction of sp³-hybridized carbons (Fsp3) is 0.500. The highest BCUT2D eigenvalue weighted by Gasteiger charge is 2.48. The van der Waals surface area contributed by atoms with E-state index in [1.165, 1.54) is 20.1 Å². The molecule has 1 aromatic carbocycles. The largest absolute Gasteiger partial charge is 0.478 e. The molecule has 2 heterocycles. The molecule has 4 unspecified atom stereocenters. The molecule has 2 aliphatic rings. The highest BCUT2D eigenvalue weighted by molar-refractivity contribution is 5.86. The van der Waals surface area contributed by atoms with Crippen molar-refractivity contribution in [3.63, 3.8) is 0 Å². The first-order valence-electron chi connectivity index (χ1n) is 10.8. The van der Waals surface area contributed by atoms with E-state index in [1.807, 2.05) is 42.5 Å². The number of aliphatic hydroxyl groups is 1. The van der Waals surface area contributed by atoms with Gasteiger partial charge in [0.1, 0.15) is 18.3 Å². The fourth-order valence-electron chi connectivity index (χ4n) is 3.76. The second kappa shape index (κ2) is 10.9. The monoisotopic (exact) mass is 461 g/mol. The van der Waals surface area contributed by atoms with E-state index in [4.69, 9.17) is 23.7 Å². The average molecular weight is 462 g/mol. The van der Waals surface area contributed by atoms with Crippen molar-refractivity contribution < 1.29 is 38.4 Å². The number of rotatable bonds is 8. The van der Waals surface area contributed by atoms with Gasteiger partial charge in [0, 0.05) is 6.92 Å². The molecular formula is C24H31NO8. The van der Waals surface area contributed by atoms with Gasteiger partial charge in [-0.3, -0.25) is 4.79 Å². The van der Waals surface area contributed by atoms with Crippen LogP contribution in [0.3, 0.4) is 0 Å². The van der Waals surface area contributed by atoms with Crippen molar-refractivity contribution in [1.29, 1.82) is 0 Å². The van der Waals surface area contributed by atoms with Crippen LogP contribution in [0, 0.1) is 0 Å². The van der Waals surface area contributed by atoms with Gasteiger partial charge in [0.05, 0.1) is 26.4 Å². The van der Waals surface area contributed by atoms with Gasteiger partial charge in [0.25, 0.3) is 0 Å². The second-order valence-corrected chi connectivity index (χ2v) is 8.30. The number of amides is 1. The van der Waals surface area contributed by atoms with Gasteiger partial charge in [-0.05, 0) is 25.5 Å². The SMILES string of the molecule is COC(=O)C1=CC(OC/C=C/c2ccccc2)C(NC(C)=O)[C@H](C(O)C2COC(C)(C)O2)O1. The van der Waals surface area contributed by atoms with Crippen LogP contribution < -0.4 is 5.32 Å². The molecule has 1 amide bonds. The lowest BCUT2D eigenvalue weighted by Crippen LogP contribution is -2.60. The Balaban J connectivity index is 1.81. The minimum absolute atomic E-state index is 0.113. The summed E-state index contributed by atoms with van der Waals surface area (Å²) in [7, 11) is 1.23. The Morgan fingerprint density at radius 3 is 2.64 bits per heavy atom. The van der Waals surface area contributed by atoms with Gasteiger partial charge in [0.2, 0.25) is 11.7 Å². The molecule has 3 rings (SSSR count). The molecule has 0 saturated carbocycles. The number of hydrogen-bond acceptors (Lipinski definition) is 8. The third kappa shape index (κ3) is 6.64. The van der Waals surface area contributed by atoms with Crippen LogP contribution in [-0.4, -0.2) is 73.6 Å². The summed E-state index contributed by atoms with van der Waals surface area (Å²) < 4.78 is 27.9. The smallest absolute Gasteiger partial charge is 0.373 e. The Morgan fingerprint density at radius 1 is 1.30 bits per heavy atom. The Bertz CT molecular complexity index is 882. The summed E-state index contributed by atoms with van der Waals surface area (Å²) in [5.74, 6) is -2.04. The molecule has 9 heteroatoms. The Morgan fingerprint density at radius 2 is 2.03 bits per heavy atom.